The fourth-order valence-corrected chi connectivity index (χ4v) is 3.25. The normalized spacial score (nSPS) is 40.3. The molecule has 0 spiro atoms. The van der Waals surface area contributed by atoms with Gasteiger partial charge in [-0.2, -0.15) is 0 Å². The first-order valence-corrected chi connectivity index (χ1v) is 9.45. The Bertz CT molecular complexity index is 631. The van der Waals surface area contributed by atoms with Crippen LogP contribution in [-0.4, -0.2) is 106 Å². The van der Waals surface area contributed by atoms with E-state index < -0.39 is 55.3 Å². The van der Waals surface area contributed by atoms with Gasteiger partial charge in [0.25, 0.3) is 0 Å². The summed E-state index contributed by atoms with van der Waals surface area (Å²) in [7, 11) is 0. The molecule has 0 aliphatic carbocycles. The molecule has 10 nitrogen and oxygen atoms in total. The zero-order valence-corrected chi connectivity index (χ0v) is 15.8. The summed E-state index contributed by atoms with van der Waals surface area (Å²) in [6.45, 7) is -1.13. The second kappa shape index (κ2) is 9.75. The number of rotatable bonds is 8. The van der Waals surface area contributed by atoms with E-state index in [9.17, 15) is 25.5 Å². The average Bonchev–Trinajstić information content (AvgIpc) is 3.02. The Morgan fingerprint density at radius 1 is 0.966 bits per heavy atom. The summed E-state index contributed by atoms with van der Waals surface area (Å²) in [4.78, 5) is 0. The van der Waals surface area contributed by atoms with E-state index in [0.29, 0.717) is 6.42 Å². The minimum Gasteiger partial charge on any atom is -0.393 e. The second-order valence-electron chi connectivity index (χ2n) is 7.34. The Morgan fingerprint density at radius 2 is 1.69 bits per heavy atom. The van der Waals surface area contributed by atoms with Crippen LogP contribution >= 0.6 is 0 Å². The molecule has 1 aromatic carbocycles. The molecular formula is C19H28O10. The lowest BCUT2D eigenvalue weighted by Gasteiger charge is -2.40. The molecule has 2 heterocycles. The van der Waals surface area contributed by atoms with Crippen molar-refractivity contribution in [3.8, 4) is 0 Å². The van der Waals surface area contributed by atoms with E-state index in [-0.39, 0.29) is 19.8 Å². The molecular weight excluding hydrogens is 388 g/mol. The van der Waals surface area contributed by atoms with Crippen LogP contribution in [0.1, 0.15) is 5.56 Å². The summed E-state index contributed by atoms with van der Waals surface area (Å²) in [5.41, 5.74) is -0.808. The molecule has 0 saturated carbocycles. The van der Waals surface area contributed by atoms with Crippen molar-refractivity contribution in [2.45, 2.75) is 55.1 Å². The number of ether oxygens (including phenoxy) is 4. The van der Waals surface area contributed by atoms with Crippen molar-refractivity contribution < 1.29 is 49.6 Å². The van der Waals surface area contributed by atoms with E-state index in [0.717, 1.165) is 5.56 Å². The molecule has 0 aromatic heterocycles. The lowest BCUT2D eigenvalue weighted by atomic mass is 9.99. The van der Waals surface area contributed by atoms with Crippen LogP contribution in [0.15, 0.2) is 30.3 Å². The fraction of sp³-hybridized carbons (Fsp3) is 0.684. The van der Waals surface area contributed by atoms with Crippen LogP contribution in [0.3, 0.4) is 0 Å². The van der Waals surface area contributed by atoms with Gasteiger partial charge in [-0.25, -0.2) is 0 Å². The van der Waals surface area contributed by atoms with Crippen LogP contribution in [0.5, 0.6) is 0 Å². The third kappa shape index (κ3) is 5.12. The highest BCUT2D eigenvalue weighted by Crippen LogP contribution is 2.27. The second-order valence-corrected chi connectivity index (χ2v) is 7.34. The fourth-order valence-electron chi connectivity index (χ4n) is 3.25. The quantitative estimate of drug-likeness (QED) is 0.268. The molecule has 6 N–H and O–H groups in total. The van der Waals surface area contributed by atoms with Crippen molar-refractivity contribution >= 4 is 0 Å². The van der Waals surface area contributed by atoms with Crippen molar-refractivity contribution in [1.82, 2.24) is 0 Å². The Kier molecular flexibility index (Phi) is 7.57. The highest BCUT2D eigenvalue weighted by Gasteiger charge is 2.50. The maximum Gasteiger partial charge on any atom is 0.186 e. The minimum absolute atomic E-state index is 0.218. The topological polar surface area (TPSA) is 158 Å². The molecule has 164 valence electrons. The number of aliphatic hydroxyl groups excluding tert-OH is 5. The van der Waals surface area contributed by atoms with Gasteiger partial charge >= 0.3 is 0 Å². The van der Waals surface area contributed by atoms with Gasteiger partial charge in [0.15, 0.2) is 12.6 Å². The van der Waals surface area contributed by atoms with Gasteiger partial charge in [-0.05, 0) is 12.0 Å². The van der Waals surface area contributed by atoms with Crippen LogP contribution in [0.25, 0.3) is 0 Å². The lowest BCUT2D eigenvalue weighted by molar-refractivity contribution is -0.309. The van der Waals surface area contributed by atoms with Crippen LogP contribution in [0, 0.1) is 0 Å². The Balaban J connectivity index is 1.52. The molecule has 10 heteroatoms. The molecule has 0 amide bonds. The highest BCUT2D eigenvalue weighted by molar-refractivity contribution is 5.14. The molecule has 0 radical (unpaired) electrons. The molecule has 2 aliphatic rings. The molecule has 1 aromatic rings. The summed E-state index contributed by atoms with van der Waals surface area (Å²) in [6.07, 6.45) is -8.88. The Hall–Kier alpha value is -1.18. The van der Waals surface area contributed by atoms with E-state index in [1.165, 1.54) is 0 Å². The largest absolute Gasteiger partial charge is 0.393 e. The average molecular weight is 416 g/mol. The summed E-state index contributed by atoms with van der Waals surface area (Å²) in [5.74, 6) is 0. The van der Waals surface area contributed by atoms with Gasteiger partial charge in [0, 0.05) is 0 Å². The van der Waals surface area contributed by atoms with E-state index in [1.54, 1.807) is 0 Å². The van der Waals surface area contributed by atoms with Gasteiger partial charge in [0.2, 0.25) is 0 Å². The highest BCUT2D eigenvalue weighted by atomic mass is 16.7. The van der Waals surface area contributed by atoms with Gasteiger partial charge in [-0.15, -0.1) is 0 Å². The molecule has 0 bridgehead atoms. The zero-order chi connectivity index (χ0) is 21.0. The number of aliphatic hydroxyl groups is 6. The van der Waals surface area contributed by atoms with E-state index in [1.807, 2.05) is 30.3 Å². The lowest BCUT2D eigenvalue weighted by Crippen LogP contribution is -2.59. The summed E-state index contributed by atoms with van der Waals surface area (Å²) in [5, 5.41) is 59.5. The predicted molar refractivity (Wildman–Crippen MR) is 96.5 cm³/mol. The first-order valence-electron chi connectivity index (χ1n) is 9.45. The predicted octanol–water partition coefficient (Wildman–Crippen LogP) is -2.49. The van der Waals surface area contributed by atoms with Crippen molar-refractivity contribution in [3.05, 3.63) is 35.9 Å². The molecule has 3 rings (SSSR count). The van der Waals surface area contributed by atoms with Crippen LogP contribution in [0.4, 0.5) is 0 Å². The molecule has 2 aliphatic heterocycles. The molecule has 0 unspecified atom stereocenters. The maximum absolute atomic E-state index is 10.2. The zero-order valence-electron chi connectivity index (χ0n) is 15.8. The Morgan fingerprint density at radius 3 is 2.34 bits per heavy atom. The Labute approximate surface area is 167 Å². The number of benzene rings is 1. The molecule has 8 atom stereocenters. The van der Waals surface area contributed by atoms with E-state index in [4.69, 9.17) is 24.1 Å². The molecule has 29 heavy (non-hydrogen) atoms. The van der Waals surface area contributed by atoms with Crippen molar-refractivity contribution in [3.63, 3.8) is 0 Å². The van der Waals surface area contributed by atoms with Gasteiger partial charge in [0.05, 0.1) is 26.4 Å². The van der Waals surface area contributed by atoms with Crippen molar-refractivity contribution in [1.29, 1.82) is 0 Å². The van der Waals surface area contributed by atoms with Crippen LogP contribution in [-0.2, 0) is 25.4 Å². The summed E-state index contributed by atoms with van der Waals surface area (Å²) < 4.78 is 21.6. The van der Waals surface area contributed by atoms with Gasteiger partial charge in [-0.3, -0.25) is 0 Å². The summed E-state index contributed by atoms with van der Waals surface area (Å²) in [6, 6.07) is 9.54. The smallest absolute Gasteiger partial charge is 0.186 e. The molecule has 2 saturated heterocycles. The minimum atomic E-state index is -1.84. The third-order valence-corrected chi connectivity index (χ3v) is 5.19. The SMILES string of the molecule is OC[C@]1(O)CO[C@H](OC[C@H]2O[C@@H](OCCc3ccccc3)[C@H](O)[C@@H](O)[C@@H]2O)[C@@H]1O. The van der Waals surface area contributed by atoms with Crippen molar-refractivity contribution in [2.75, 3.05) is 26.4 Å². The van der Waals surface area contributed by atoms with Gasteiger partial charge in [0.1, 0.15) is 36.1 Å². The number of hydrogen-bond donors (Lipinski definition) is 6. The van der Waals surface area contributed by atoms with Crippen LogP contribution in [0.2, 0.25) is 0 Å². The van der Waals surface area contributed by atoms with Crippen LogP contribution < -0.4 is 0 Å². The first kappa shape index (κ1) is 22.5. The first-order chi connectivity index (χ1) is 13.9. The summed E-state index contributed by atoms with van der Waals surface area (Å²) >= 11 is 0. The van der Waals surface area contributed by atoms with Crippen molar-refractivity contribution in [2.24, 2.45) is 0 Å². The standard InChI is InChI=1S/C19H28O10/c20-9-19(25)10-28-18(16(19)24)27-8-12-13(21)14(22)15(23)17(29-12)26-7-6-11-4-2-1-3-5-11/h1-5,12-18,20-25H,6-10H2/t12-,13-,14+,15-,16+,17-,18+,19+/m1/s1. The maximum atomic E-state index is 10.2. The van der Waals surface area contributed by atoms with Gasteiger partial charge in [-0.1, -0.05) is 30.3 Å². The third-order valence-electron chi connectivity index (χ3n) is 5.19. The van der Waals surface area contributed by atoms with E-state index >= 15 is 0 Å². The number of hydrogen-bond acceptors (Lipinski definition) is 10. The van der Waals surface area contributed by atoms with Gasteiger partial charge < -0.3 is 49.6 Å². The monoisotopic (exact) mass is 416 g/mol. The van der Waals surface area contributed by atoms with E-state index in [2.05, 4.69) is 0 Å². The molecule has 2 fully saturated rings.